The lowest BCUT2D eigenvalue weighted by Crippen LogP contribution is -2.53. The van der Waals surface area contributed by atoms with Crippen molar-refractivity contribution in [1.29, 1.82) is 0 Å². The van der Waals surface area contributed by atoms with E-state index in [1.807, 2.05) is 0 Å². The Hall–Kier alpha value is -2.64. The molecule has 0 aliphatic heterocycles. The fourth-order valence-electron chi connectivity index (χ4n) is 2.87. The third-order valence-corrected chi connectivity index (χ3v) is 4.85. The van der Waals surface area contributed by atoms with E-state index < -0.39 is 35.7 Å². The molecule has 0 bridgehead atoms. The van der Waals surface area contributed by atoms with Crippen molar-refractivity contribution in [2.45, 2.75) is 31.8 Å². The van der Waals surface area contributed by atoms with Crippen molar-refractivity contribution in [3.05, 3.63) is 69.5 Å². The van der Waals surface area contributed by atoms with Gasteiger partial charge in [0.15, 0.2) is 0 Å². The van der Waals surface area contributed by atoms with Crippen LogP contribution in [-0.4, -0.2) is 37.0 Å². The van der Waals surface area contributed by atoms with Crippen LogP contribution >= 0.6 is 23.2 Å². The highest BCUT2D eigenvalue weighted by Gasteiger charge is 2.28. The Morgan fingerprint density at radius 3 is 2.37 bits per heavy atom. The summed E-state index contributed by atoms with van der Waals surface area (Å²) in [7, 11) is 1.20. The monoisotopic (exact) mass is 454 g/mol. The van der Waals surface area contributed by atoms with Gasteiger partial charge in [-0.1, -0.05) is 41.4 Å². The first-order valence-electron chi connectivity index (χ1n) is 9.03. The first kappa shape index (κ1) is 23.6. The van der Waals surface area contributed by atoms with Gasteiger partial charge in [-0.15, -0.1) is 0 Å². The number of carbonyl (C=O) groups excluding carboxylic acids is 3. The molecule has 0 radical (unpaired) electrons. The highest BCUT2D eigenvalue weighted by atomic mass is 35.5. The number of esters is 1. The fourth-order valence-corrected chi connectivity index (χ4v) is 3.35. The largest absolute Gasteiger partial charge is 0.467 e. The highest BCUT2D eigenvalue weighted by Crippen LogP contribution is 2.22. The van der Waals surface area contributed by atoms with Crippen LogP contribution in [0.3, 0.4) is 0 Å². The van der Waals surface area contributed by atoms with Crippen LogP contribution in [0, 0.1) is 5.82 Å². The fraction of sp³-hybridized carbons (Fsp3) is 0.286. The van der Waals surface area contributed by atoms with Crippen LogP contribution in [0.1, 0.15) is 18.1 Å². The Labute approximate surface area is 183 Å². The molecular formula is C21H21Cl2FN2O4. The van der Waals surface area contributed by atoms with Gasteiger partial charge in [-0.25, -0.2) is 9.18 Å². The Bertz CT molecular complexity index is 939. The third kappa shape index (κ3) is 7.00. The smallest absolute Gasteiger partial charge is 0.328 e. The maximum Gasteiger partial charge on any atom is 0.328 e. The van der Waals surface area contributed by atoms with Gasteiger partial charge < -0.3 is 15.4 Å². The normalized spacial score (nSPS) is 12.6. The summed E-state index contributed by atoms with van der Waals surface area (Å²) >= 11 is 12.1. The molecule has 0 aliphatic carbocycles. The van der Waals surface area contributed by atoms with Gasteiger partial charge in [-0.05, 0) is 35.4 Å². The summed E-state index contributed by atoms with van der Waals surface area (Å²) < 4.78 is 18.3. The van der Waals surface area contributed by atoms with Crippen LogP contribution in [-0.2, 0) is 32.0 Å². The minimum absolute atomic E-state index is 0.0404. The molecule has 2 amide bonds. The van der Waals surface area contributed by atoms with E-state index in [9.17, 15) is 18.8 Å². The van der Waals surface area contributed by atoms with E-state index in [2.05, 4.69) is 10.6 Å². The van der Waals surface area contributed by atoms with Crippen molar-refractivity contribution < 1.29 is 23.5 Å². The minimum atomic E-state index is -1.05. The lowest BCUT2D eigenvalue weighted by molar-refractivity contribution is -0.145. The molecule has 0 aromatic heterocycles. The van der Waals surface area contributed by atoms with Crippen molar-refractivity contribution >= 4 is 41.0 Å². The van der Waals surface area contributed by atoms with E-state index in [0.29, 0.717) is 21.2 Å². The maximum absolute atomic E-state index is 13.5. The molecule has 2 atom stereocenters. The van der Waals surface area contributed by atoms with Crippen molar-refractivity contribution in [1.82, 2.24) is 10.6 Å². The SMILES string of the molecule is COC(=O)[C@@H](Cc1ccc(Cl)cc1Cl)NC(=O)[C@@H](Cc1cccc(F)c1)NC(C)=O. The lowest BCUT2D eigenvalue weighted by Gasteiger charge is -2.22. The predicted molar refractivity (Wildman–Crippen MR) is 112 cm³/mol. The summed E-state index contributed by atoms with van der Waals surface area (Å²) in [6, 6.07) is 8.41. The van der Waals surface area contributed by atoms with E-state index in [1.165, 1.54) is 38.3 Å². The molecule has 0 spiro atoms. The van der Waals surface area contributed by atoms with Crippen molar-refractivity contribution in [3.8, 4) is 0 Å². The number of benzene rings is 2. The molecule has 0 saturated heterocycles. The average Bonchev–Trinajstić information content (AvgIpc) is 2.67. The predicted octanol–water partition coefficient (Wildman–Crippen LogP) is 3.08. The number of halogens is 3. The van der Waals surface area contributed by atoms with Gasteiger partial charge in [-0.3, -0.25) is 9.59 Å². The minimum Gasteiger partial charge on any atom is -0.467 e. The summed E-state index contributed by atoms with van der Waals surface area (Å²) in [4.78, 5) is 36.7. The first-order valence-corrected chi connectivity index (χ1v) is 9.79. The second-order valence-corrected chi connectivity index (χ2v) is 7.45. The van der Waals surface area contributed by atoms with Crippen LogP contribution in [0.4, 0.5) is 4.39 Å². The number of rotatable bonds is 8. The van der Waals surface area contributed by atoms with Crippen LogP contribution in [0.2, 0.25) is 10.0 Å². The third-order valence-electron chi connectivity index (χ3n) is 4.26. The van der Waals surface area contributed by atoms with Crippen LogP contribution in [0.5, 0.6) is 0 Å². The van der Waals surface area contributed by atoms with Crippen LogP contribution < -0.4 is 10.6 Å². The molecular weight excluding hydrogens is 434 g/mol. The van der Waals surface area contributed by atoms with E-state index in [0.717, 1.165) is 0 Å². The molecule has 2 N–H and O–H groups in total. The summed E-state index contributed by atoms with van der Waals surface area (Å²) in [5.41, 5.74) is 1.09. The molecule has 2 aromatic rings. The van der Waals surface area contributed by atoms with E-state index in [4.69, 9.17) is 27.9 Å². The number of hydrogen-bond acceptors (Lipinski definition) is 4. The topological polar surface area (TPSA) is 84.5 Å². The first-order chi connectivity index (χ1) is 14.2. The summed E-state index contributed by atoms with van der Waals surface area (Å²) in [5.74, 6) is -2.20. The maximum atomic E-state index is 13.5. The zero-order chi connectivity index (χ0) is 22.3. The summed E-state index contributed by atoms with van der Waals surface area (Å²) in [5, 5.41) is 5.88. The second-order valence-electron chi connectivity index (χ2n) is 6.61. The summed E-state index contributed by atoms with van der Waals surface area (Å²) in [6.45, 7) is 1.26. The van der Waals surface area contributed by atoms with Gasteiger partial charge in [-0.2, -0.15) is 0 Å². The number of nitrogens with one attached hydrogen (secondary N) is 2. The van der Waals surface area contributed by atoms with Crippen molar-refractivity contribution in [2.75, 3.05) is 7.11 Å². The number of carbonyl (C=O) groups is 3. The van der Waals surface area contributed by atoms with Gasteiger partial charge in [0.2, 0.25) is 11.8 Å². The molecule has 0 heterocycles. The van der Waals surface area contributed by atoms with E-state index in [-0.39, 0.29) is 12.8 Å². The number of methoxy groups -OCH3 is 1. The zero-order valence-corrected chi connectivity index (χ0v) is 17.9. The molecule has 0 fully saturated rings. The van der Waals surface area contributed by atoms with E-state index >= 15 is 0 Å². The standard InChI is InChI=1S/C21H21Cl2FN2O4/c1-12(27)25-18(9-13-4-3-5-16(24)8-13)20(28)26-19(21(29)30-2)10-14-6-7-15(22)11-17(14)23/h3-8,11,18-19H,9-10H2,1-2H3,(H,25,27)(H,26,28)/t18-,19-/m1/s1. The molecule has 30 heavy (non-hydrogen) atoms. The molecule has 2 aromatic carbocycles. The van der Waals surface area contributed by atoms with Gasteiger partial charge in [0, 0.05) is 29.8 Å². The van der Waals surface area contributed by atoms with Crippen molar-refractivity contribution in [3.63, 3.8) is 0 Å². The van der Waals surface area contributed by atoms with Crippen LogP contribution in [0.15, 0.2) is 42.5 Å². The number of amides is 2. The molecule has 0 aliphatic rings. The van der Waals surface area contributed by atoms with Gasteiger partial charge >= 0.3 is 5.97 Å². The molecule has 2 rings (SSSR count). The molecule has 6 nitrogen and oxygen atoms in total. The summed E-state index contributed by atoms with van der Waals surface area (Å²) in [6.07, 6.45) is 0.0972. The van der Waals surface area contributed by atoms with Gasteiger partial charge in [0.05, 0.1) is 7.11 Å². The Kier molecular flexibility index (Phi) is 8.62. The highest BCUT2D eigenvalue weighted by molar-refractivity contribution is 6.35. The molecule has 9 heteroatoms. The Morgan fingerprint density at radius 1 is 1.03 bits per heavy atom. The molecule has 160 valence electrons. The lowest BCUT2D eigenvalue weighted by atomic mass is 10.0. The molecule has 0 saturated carbocycles. The van der Waals surface area contributed by atoms with Crippen LogP contribution in [0.25, 0.3) is 0 Å². The van der Waals surface area contributed by atoms with E-state index in [1.54, 1.807) is 18.2 Å². The van der Waals surface area contributed by atoms with Gasteiger partial charge in [0.25, 0.3) is 0 Å². The van der Waals surface area contributed by atoms with Crippen molar-refractivity contribution in [2.24, 2.45) is 0 Å². The average molecular weight is 455 g/mol. The second kappa shape index (κ2) is 10.9. The molecule has 0 unspecified atom stereocenters. The number of ether oxygens (including phenoxy) is 1. The number of hydrogen-bond donors (Lipinski definition) is 2. The Morgan fingerprint density at radius 2 is 1.77 bits per heavy atom. The quantitative estimate of drug-likeness (QED) is 0.600. The Balaban J connectivity index is 2.20. The zero-order valence-electron chi connectivity index (χ0n) is 16.4. The van der Waals surface area contributed by atoms with Gasteiger partial charge in [0.1, 0.15) is 17.9 Å².